The summed E-state index contributed by atoms with van der Waals surface area (Å²) in [6.07, 6.45) is 0. The van der Waals surface area contributed by atoms with Crippen LogP contribution in [-0.4, -0.2) is 31.6 Å². The fraction of sp³-hybridized carbons (Fsp3) is 0.300. The van der Waals surface area contributed by atoms with Crippen LogP contribution in [0.5, 0.6) is 17.2 Å². The molecule has 0 radical (unpaired) electrons. The first-order chi connectivity index (χ1) is 13.9. The van der Waals surface area contributed by atoms with Gasteiger partial charge < -0.3 is 14.2 Å². The van der Waals surface area contributed by atoms with E-state index >= 15 is 0 Å². The van der Waals surface area contributed by atoms with E-state index < -0.39 is 11.8 Å². The van der Waals surface area contributed by atoms with Gasteiger partial charge in [-0.15, -0.1) is 0 Å². The van der Waals surface area contributed by atoms with Crippen LogP contribution in [0.1, 0.15) is 41.5 Å². The van der Waals surface area contributed by atoms with Crippen LogP contribution >= 0.6 is 23.2 Å². The fourth-order valence-electron chi connectivity index (χ4n) is 2.42. The highest BCUT2D eigenvalue weighted by molar-refractivity contribution is 6.42. The van der Waals surface area contributed by atoms with Crippen LogP contribution in [0.4, 0.5) is 0 Å². The molecular weight excluding hydrogens is 419 g/mol. The second-order valence-corrected chi connectivity index (χ2v) is 6.45. The normalized spacial score (nSPS) is 10.2. The third-order valence-corrected chi connectivity index (χ3v) is 4.38. The van der Waals surface area contributed by atoms with Crippen LogP contribution < -0.4 is 25.1 Å². The Kier molecular flexibility index (Phi) is 8.42. The molecular formula is C20H22Cl2N2O5. The molecule has 0 heterocycles. The van der Waals surface area contributed by atoms with Crippen molar-refractivity contribution in [3.05, 3.63) is 51.5 Å². The minimum atomic E-state index is -0.552. The predicted molar refractivity (Wildman–Crippen MR) is 111 cm³/mol. The van der Waals surface area contributed by atoms with E-state index in [1.807, 2.05) is 20.8 Å². The number of benzene rings is 2. The van der Waals surface area contributed by atoms with E-state index in [1.54, 1.807) is 0 Å². The summed E-state index contributed by atoms with van der Waals surface area (Å²) in [6.45, 7) is 6.64. The summed E-state index contributed by atoms with van der Waals surface area (Å²) in [4.78, 5) is 24.8. The molecule has 0 spiro atoms. The summed E-state index contributed by atoms with van der Waals surface area (Å²) in [7, 11) is 0. The molecule has 2 aromatic carbocycles. The smallest absolute Gasteiger partial charge is 0.269 e. The molecule has 0 unspecified atom stereocenters. The zero-order valence-electron chi connectivity index (χ0n) is 16.3. The average Bonchev–Trinajstić information content (AvgIpc) is 2.70. The number of halogens is 2. The SMILES string of the molecule is CCOc1cc(C(=O)NNC(=O)c2ccc(Cl)c(Cl)c2)cc(OCC)c1OCC. The molecule has 2 N–H and O–H groups in total. The van der Waals surface area contributed by atoms with Crippen molar-refractivity contribution in [3.63, 3.8) is 0 Å². The molecule has 0 fully saturated rings. The van der Waals surface area contributed by atoms with Gasteiger partial charge in [0.15, 0.2) is 11.5 Å². The lowest BCUT2D eigenvalue weighted by Gasteiger charge is -2.17. The van der Waals surface area contributed by atoms with Crippen molar-refractivity contribution in [2.45, 2.75) is 20.8 Å². The van der Waals surface area contributed by atoms with Gasteiger partial charge in [0, 0.05) is 11.1 Å². The van der Waals surface area contributed by atoms with Gasteiger partial charge in [0.2, 0.25) is 5.75 Å². The lowest BCUT2D eigenvalue weighted by atomic mass is 10.1. The molecule has 29 heavy (non-hydrogen) atoms. The molecule has 156 valence electrons. The first kappa shape index (κ1) is 22.6. The molecule has 0 atom stereocenters. The zero-order valence-corrected chi connectivity index (χ0v) is 17.8. The molecule has 0 aliphatic carbocycles. The quantitative estimate of drug-likeness (QED) is 0.598. The number of hydrogen-bond acceptors (Lipinski definition) is 5. The van der Waals surface area contributed by atoms with E-state index in [4.69, 9.17) is 37.4 Å². The Morgan fingerprint density at radius 1 is 0.759 bits per heavy atom. The fourth-order valence-corrected chi connectivity index (χ4v) is 2.71. The first-order valence-corrected chi connectivity index (χ1v) is 9.78. The third-order valence-electron chi connectivity index (χ3n) is 3.64. The maximum absolute atomic E-state index is 12.6. The van der Waals surface area contributed by atoms with E-state index in [-0.39, 0.29) is 16.1 Å². The van der Waals surface area contributed by atoms with Gasteiger partial charge in [-0.25, -0.2) is 0 Å². The van der Waals surface area contributed by atoms with Crippen molar-refractivity contribution < 1.29 is 23.8 Å². The van der Waals surface area contributed by atoms with Gasteiger partial charge in [0.25, 0.3) is 11.8 Å². The average molecular weight is 441 g/mol. The Morgan fingerprint density at radius 3 is 1.76 bits per heavy atom. The van der Waals surface area contributed by atoms with E-state index in [0.29, 0.717) is 42.1 Å². The first-order valence-electron chi connectivity index (χ1n) is 9.03. The Balaban J connectivity index is 2.20. The third kappa shape index (κ3) is 5.92. The highest BCUT2D eigenvalue weighted by atomic mass is 35.5. The molecule has 0 aliphatic heterocycles. The van der Waals surface area contributed by atoms with Crippen LogP contribution in [-0.2, 0) is 0 Å². The Hall–Kier alpha value is -2.64. The van der Waals surface area contributed by atoms with Gasteiger partial charge in [-0.2, -0.15) is 0 Å². The predicted octanol–water partition coefficient (Wildman–Crippen LogP) is 4.26. The molecule has 7 nitrogen and oxygen atoms in total. The minimum Gasteiger partial charge on any atom is -0.490 e. The molecule has 0 aliphatic rings. The monoisotopic (exact) mass is 440 g/mol. The number of hydrogen-bond donors (Lipinski definition) is 2. The summed E-state index contributed by atoms with van der Waals surface area (Å²) >= 11 is 11.8. The van der Waals surface area contributed by atoms with Crippen molar-refractivity contribution in [1.82, 2.24) is 10.9 Å². The highest BCUT2D eigenvalue weighted by Gasteiger charge is 2.19. The summed E-state index contributed by atoms with van der Waals surface area (Å²) in [5.41, 5.74) is 5.17. The van der Waals surface area contributed by atoms with Gasteiger partial charge in [-0.1, -0.05) is 23.2 Å². The zero-order chi connectivity index (χ0) is 21.4. The molecule has 2 amide bonds. The number of ether oxygens (including phenoxy) is 3. The van der Waals surface area contributed by atoms with Crippen molar-refractivity contribution in [1.29, 1.82) is 0 Å². The van der Waals surface area contributed by atoms with Crippen LogP contribution in [0.2, 0.25) is 10.0 Å². The molecule has 0 saturated carbocycles. The van der Waals surface area contributed by atoms with Crippen molar-refractivity contribution in [2.75, 3.05) is 19.8 Å². The molecule has 2 aromatic rings. The molecule has 2 rings (SSSR count). The summed E-state index contributed by atoms with van der Waals surface area (Å²) in [6, 6.07) is 7.45. The summed E-state index contributed by atoms with van der Waals surface area (Å²) in [5.74, 6) is 0.0800. The topological polar surface area (TPSA) is 85.9 Å². The number of carbonyl (C=O) groups is 2. The maximum Gasteiger partial charge on any atom is 0.269 e. The van der Waals surface area contributed by atoms with Crippen LogP contribution in [0, 0.1) is 0 Å². The molecule has 0 bridgehead atoms. The number of amides is 2. The largest absolute Gasteiger partial charge is 0.490 e. The van der Waals surface area contributed by atoms with Crippen LogP contribution in [0.25, 0.3) is 0 Å². The number of nitrogens with one attached hydrogen (secondary N) is 2. The maximum atomic E-state index is 12.6. The molecule has 0 saturated heterocycles. The Labute approximate surface area is 179 Å². The minimum absolute atomic E-state index is 0.231. The number of rotatable bonds is 8. The lowest BCUT2D eigenvalue weighted by molar-refractivity contribution is 0.0846. The second-order valence-electron chi connectivity index (χ2n) is 5.64. The molecule has 0 aromatic heterocycles. The summed E-state index contributed by atoms with van der Waals surface area (Å²) in [5, 5.41) is 0.563. The van der Waals surface area contributed by atoms with Crippen molar-refractivity contribution in [3.8, 4) is 17.2 Å². The summed E-state index contributed by atoms with van der Waals surface area (Å²) < 4.78 is 16.8. The molecule has 9 heteroatoms. The van der Waals surface area contributed by atoms with E-state index in [1.165, 1.54) is 30.3 Å². The Morgan fingerprint density at radius 2 is 1.28 bits per heavy atom. The van der Waals surface area contributed by atoms with Gasteiger partial charge in [0.1, 0.15) is 0 Å². The standard InChI is InChI=1S/C20H22Cl2N2O5/c1-4-27-16-10-13(11-17(28-5-2)18(16)29-6-3)20(26)24-23-19(25)12-7-8-14(21)15(22)9-12/h7-11H,4-6H2,1-3H3,(H,23,25)(H,24,26). The van der Waals surface area contributed by atoms with Gasteiger partial charge in [-0.3, -0.25) is 20.4 Å². The van der Waals surface area contributed by atoms with Crippen LogP contribution in [0.15, 0.2) is 30.3 Å². The van der Waals surface area contributed by atoms with E-state index in [9.17, 15) is 9.59 Å². The highest BCUT2D eigenvalue weighted by Crippen LogP contribution is 2.39. The van der Waals surface area contributed by atoms with E-state index in [0.717, 1.165) is 0 Å². The van der Waals surface area contributed by atoms with E-state index in [2.05, 4.69) is 10.9 Å². The van der Waals surface area contributed by atoms with Gasteiger partial charge >= 0.3 is 0 Å². The van der Waals surface area contributed by atoms with Crippen molar-refractivity contribution >= 4 is 35.0 Å². The number of hydrazine groups is 1. The number of carbonyl (C=O) groups excluding carboxylic acids is 2. The second kappa shape index (κ2) is 10.8. The Bertz CT molecular complexity index is 862. The van der Waals surface area contributed by atoms with Gasteiger partial charge in [0.05, 0.1) is 29.9 Å². The van der Waals surface area contributed by atoms with Crippen LogP contribution in [0.3, 0.4) is 0 Å². The van der Waals surface area contributed by atoms with Gasteiger partial charge in [-0.05, 0) is 51.1 Å². The van der Waals surface area contributed by atoms with Crippen molar-refractivity contribution in [2.24, 2.45) is 0 Å². The lowest BCUT2D eigenvalue weighted by Crippen LogP contribution is -2.41.